The van der Waals surface area contributed by atoms with E-state index in [2.05, 4.69) is 0 Å². The highest BCUT2D eigenvalue weighted by Gasteiger charge is 2.36. The lowest BCUT2D eigenvalue weighted by molar-refractivity contribution is -0.160. The minimum Gasteiger partial charge on any atom is -0.494 e. The summed E-state index contributed by atoms with van der Waals surface area (Å²) in [4.78, 5) is 27.7. The molecule has 1 N–H and O–H groups in total. The lowest BCUT2D eigenvalue weighted by Crippen LogP contribution is -2.28. The molecule has 1 unspecified atom stereocenters. The molecule has 200 valence electrons. The summed E-state index contributed by atoms with van der Waals surface area (Å²) in [6.45, 7) is 12.1. The first kappa shape index (κ1) is 27.3. The van der Waals surface area contributed by atoms with Crippen molar-refractivity contribution in [1.82, 2.24) is 4.90 Å². The number of amides is 1. The van der Waals surface area contributed by atoms with Gasteiger partial charge in [0.05, 0.1) is 12.7 Å². The van der Waals surface area contributed by atoms with Crippen molar-refractivity contribution in [2.45, 2.75) is 66.3 Å². The van der Waals surface area contributed by atoms with Gasteiger partial charge in [-0.3, -0.25) is 4.79 Å². The number of hydrogen-bond acceptors (Lipinski definition) is 4. The second kappa shape index (κ2) is 10.2. The van der Waals surface area contributed by atoms with Crippen LogP contribution in [0.4, 0.5) is 4.39 Å². The zero-order chi connectivity index (χ0) is 27.9. The zero-order valence-electron chi connectivity index (χ0n) is 22.9. The molecule has 38 heavy (non-hydrogen) atoms. The number of rotatable bonds is 6. The molecule has 0 aliphatic carbocycles. The van der Waals surface area contributed by atoms with Crippen LogP contribution in [0.2, 0.25) is 0 Å². The Labute approximate surface area is 223 Å². The van der Waals surface area contributed by atoms with E-state index in [0.717, 1.165) is 38.9 Å². The number of hydrogen-bond donors (Lipinski definition) is 1. The molecule has 1 aliphatic heterocycles. The molecule has 1 amide bonds. The van der Waals surface area contributed by atoms with Gasteiger partial charge >= 0.3 is 5.97 Å². The van der Waals surface area contributed by atoms with Gasteiger partial charge in [-0.15, -0.1) is 0 Å². The van der Waals surface area contributed by atoms with Crippen LogP contribution < -0.4 is 4.74 Å². The SMILES string of the molecule is COc1cc(C(=O)N2Cc3c(C)c(-c4ccc(C)cc4)c(C(OC(C)(C)C)C(=O)O)c(C)c3C2)ccc1F. The summed E-state index contributed by atoms with van der Waals surface area (Å²) in [6.07, 6.45) is -1.19. The maximum absolute atomic E-state index is 14.0. The smallest absolute Gasteiger partial charge is 0.337 e. The molecule has 0 spiro atoms. The molecule has 3 aromatic rings. The van der Waals surface area contributed by atoms with Crippen LogP contribution in [-0.4, -0.2) is 34.6 Å². The first-order chi connectivity index (χ1) is 17.8. The van der Waals surface area contributed by atoms with Crippen molar-refractivity contribution in [1.29, 1.82) is 0 Å². The van der Waals surface area contributed by atoms with Crippen LogP contribution in [0.5, 0.6) is 5.75 Å². The maximum atomic E-state index is 14.0. The summed E-state index contributed by atoms with van der Waals surface area (Å²) in [7, 11) is 1.36. The van der Waals surface area contributed by atoms with Crippen LogP contribution in [0.25, 0.3) is 11.1 Å². The van der Waals surface area contributed by atoms with Gasteiger partial charge in [-0.2, -0.15) is 0 Å². The molecule has 0 saturated heterocycles. The third kappa shape index (κ3) is 5.16. The number of carbonyl (C=O) groups is 2. The van der Waals surface area contributed by atoms with E-state index in [1.165, 1.54) is 25.3 Å². The predicted octanol–water partition coefficient (Wildman–Crippen LogP) is 6.52. The van der Waals surface area contributed by atoms with E-state index in [9.17, 15) is 19.1 Å². The van der Waals surface area contributed by atoms with E-state index < -0.39 is 23.5 Å². The number of halogens is 1. The van der Waals surface area contributed by atoms with Crippen molar-refractivity contribution in [3.63, 3.8) is 0 Å². The Hall–Kier alpha value is -3.71. The lowest BCUT2D eigenvalue weighted by Gasteiger charge is -2.29. The van der Waals surface area contributed by atoms with Crippen molar-refractivity contribution in [3.8, 4) is 16.9 Å². The molecule has 6 nitrogen and oxygen atoms in total. The molecule has 0 aromatic heterocycles. The standard InChI is InChI=1S/C31H34FNO5/c1-17-8-10-20(11-9-17)26-18(2)22-15-33(29(34)21-12-13-24(32)25(14-21)37-7)16-23(22)19(3)27(26)28(30(35)36)38-31(4,5)6/h8-14,28H,15-16H2,1-7H3,(H,35,36). The van der Waals surface area contributed by atoms with Gasteiger partial charge in [-0.1, -0.05) is 29.8 Å². The van der Waals surface area contributed by atoms with Gasteiger partial charge in [0.2, 0.25) is 0 Å². The van der Waals surface area contributed by atoms with Crippen molar-refractivity contribution >= 4 is 11.9 Å². The zero-order valence-corrected chi connectivity index (χ0v) is 22.9. The Balaban J connectivity index is 1.87. The third-order valence-electron chi connectivity index (χ3n) is 7.00. The van der Waals surface area contributed by atoms with Crippen molar-refractivity contribution in [3.05, 3.63) is 87.2 Å². The summed E-state index contributed by atoms with van der Waals surface area (Å²) < 4.78 is 25.1. The fourth-order valence-electron chi connectivity index (χ4n) is 5.15. The molecule has 0 radical (unpaired) electrons. The van der Waals surface area contributed by atoms with Crippen LogP contribution in [0.1, 0.15) is 70.6 Å². The Morgan fingerprint density at radius 3 is 2.13 bits per heavy atom. The summed E-state index contributed by atoms with van der Waals surface area (Å²) in [5, 5.41) is 10.3. The molecule has 0 fully saturated rings. The first-order valence-electron chi connectivity index (χ1n) is 12.6. The number of aryl methyl sites for hydroxylation is 1. The molecule has 1 heterocycles. The van der Waals surface area contributed by atoms with Crippen LogP contribution in [0.3, 0.4) is 0 Å². The summed E-state index contributed by atoms with van der Waals surface area (Å²) in [5.74, 6) is -1.85. The van der Waals surface area contributed by atoms with Crippen LogP contribution in [0, 0.1) is 26.6 Å². The van der Waals surface area contributed by atoms with Gasteiger partial charge in [-0.25, -0.2) is 9.18 Å². The Morgan fingerprint density at radius 2 is 1.58 bits per heavy atom. The molecule has 3 aromatic carbocycles. The molecule has 0 saturated carbocycles. The van der Waals surface area contributed by atoms with E-state index in [4.69, 9.17) is 9.47 Å². The Morgan fingerprint density at radius 1 is 0.974 bits per heavy atom. The number of carboxylic acid groups (broad SMARTS) is 1. The van der Waals surface area contributed by atoms with E-state index >= 15 is 0 Å². The lowest BCUT2D eigenvalue weighted by atomic mass is 9.83. The molecular formula is C31H34FNO5. The fraction of sp³-hybridized carbons (Fsp3) is 0.355. The fourth-order valence-corrected chi connectivity index (χ4v) is 5.15. The second-order valence-corrected chi connectivity index (χ2v) is 10.8. The highest BCUT2D eigenvalue weighted by atomic mass is 19.1. The minimum absolute atomic E-state index is 0.00694. The van der Waals surface area contributed by atoms with Gasteiger partial charge in [0.1, 0.15) is 0 Å². The monoisotopic (exact) mass is 519 g/mol. The normalized spacial score (nSPS) is 13.8. The number of ether oxygens (including phenoxy) is 2. The number of methoxy groups -OCH3 is 1. The van der Waals surface area contributed by atoms with E-state index in [-0.39, 0.29) is 11.7 Å². The highest BCUT2D eigenvalue weighted by Crippen LogP contribution is 2.44. The molecule has 1 atom stereocenters. The first-order valence-corrected chi connectivity index (χ1v) is 12.6. The average molecular weight is 520 g/mol. The minimum atomic E-state index is -1.19. The van der Waals surface area contributed by atoms with Crippen molar-refractivity contribution < 1.29 is 28.6 Å². The van der Waals surface area contributed by atoms with Crippen LogP contribution >= 0.6 is 0 Å². The van der Waals surface area contributed by atoms with Gasteiger partial charge in [0, 0.05) is 24.2 Å². The van der Waals surface area contributed by atoms with E-state index in [0.29, 0.717) is 24.2 Å². The van der Waals surface area contributed by atoms with Crippen molar-refractivity contribution in [2.75, 3.05) is 7.11 Å². The van der Waals surface area contributed by atoms with Crippen LogP contribution in [-0.2, 0) is 22.6 Å². The summed E-state index contributed by atoms with van der Waals surface area (Å²) in [5.41, 5.74) is 6.65. The number of aliphatic carboxylic acids is 1. The summed E-state index contributed by atoms with van der Waals surface area (Å²) >= 11 is 0. The second-order valence-electron chi connectivity index (χ2n) is 10.8. The topological polar surface area (TPSA) is 76.1 Å². The van der Waals surface area contributed by atoms with Crippen LogP contribution in [0.15, 0.2) is 42.5 Å². The Kier molecular flexibility index (Phi) is 7.35. The molecular weight excluding hydrogens is 485 g/mol. The molecule has 0 bridgehead atoms. The number of nitrogens with zero attached hydrogens (tertiary/aromatic N) is 1. The van der Waals surface area contributed by atoms with Gasteiger partial charge in [0.25, 0.3) is 5.91 Å². The third-order valence-corrected chi connectivity index (χ3v) is 7.00. The molecule has 1 aliphatic rings. The van der Waals surface area contributed by atoms with E-state index in [1.54, 1.807) is 4.90 Å². The largest absolute Gasteiger partial charge is 0.494 e. The average Bonchev–Trinajstić information content (AvgIpc) is 3.31. The van der Waals surface area contributed by atoms with Gasteiger partial charge in [0.15, 0.2) is 17.7 Å². The quantitative estimate of drug-likeness (QED) is 0.401. The van der Waals surface area contributed by atoms with Crippen molar-refractivity contribution in [2.24, 2.45) is 0 Å². The Bertz CT molecular complexity index is 1410. The maximum Gasteiger partial charge on any atom is 0.337 e. The molecule has 7 heteroatoms. The van der Waals surface area contributed by atoms with Gasteiger partial charge in [-0.05, 0) is 93.1 Å². The number of carbonyl (C=O) groups excluding carboxylic acids is 1. The summed E-state index contributed by atoms with van der Waals surface area (Å²) in [6, 6.07) is 12.1. The van der Waals surface area contributed by atoms with E-state index in [1.807, 2.05) is 65.8 Å². The number of fused-ring (bicyclic) bond motifs is 1. The number of carboxylic acids is 1. The predicted molar refractivity (Wildman–Crippen MR) is 144 cm³/mol. The molecule has 4 rings (SSSR count). The number of benzene rings is 3. The van der Waals surface area contributed by atoms with Gasteiger partial charge < -0.3 is 19.5 Å². The highest BCUT2D eigenvalue weighted by molar-refractivity contribution is 5.95.